The summed E-state index contributed by atoms with van der Waals surface area (Å²) in [5, 5.41) is 1.44. The van der Waals surface area contributed by atoms with Gasteiger partial charge in [-0.3, -0.25) is 9.36 Å². The Morgan fingerprint density at radius 2 is 1.96 bits per heavy atom. The van der Waals surface area contributed by atoms with Crippen molar-refractivity contribution in [2.75, 3.05) is 0 Å². The molecule has 0 saturated carbocycles. The monoisotopic (exact) mass is 411 g/mol. The maximum atomic E-state index is 13.1. The molecule has 0 aliphatic carbocycles. The molecule has 4 rings (SSSR count). The molecule has 4 aromatic rings. The number of benzene rings is 1. The van der Waals surface area contributed by atoms with E-state index in [0.717, 1.165) is 32.0 Å². The Morgan fingerprint density at radius 3 is 2.68 bits per heavy atom. The van der Waals surface area contributed by atoms with E-state index in [1.807, 2.05) is 58.0 Å². The highest BCUT2D eigenvalue weighted by molar-refractivity contribution is 7.98. The number of aryl methyl sites for hydroxylation is 2. The van der Waals surface area contributed by atoms with Gasteiger partial charge in [0.05, 0.1) is 17.3 Å². The van der Waals surface area contributed by atoms with Gasteiger partial charge in [0.15, 0.2) is 10.9 Å². The van der Waals surface area contributed by atoms with Gasteiger partial charge in [-0.2, -0.15) is 0 Å². The molecule has 7 heteroatoms. The van der Waals surface area contributed by atoms with Crippen LogP contribution in [0.2, 0.25) is 0 Å². The van der Waals surface area contributed by atoms with E-state index in [0.29, 0.717) is 16.8 Å². The van der Waals surface area contributed by atoms with Crippen molar-refractivity contribution in [3.63, 3.8) is 0 Å². The fourth-order valence-electron chi connectivity index (χ4n) is 3.08. The summed E-state index contributed by atoms with van der Waals surface area (Å²) < 4.78 is 7.66. The van der Waals surface area contributed by atoms with Gasteiger partial charge in [0.2, 0.25) is 5.89 Å². The first-order valence-corrected chi connectivity index (χ1v) is 10.9. The predicted molar refractivity (Wildman–Crippen MR) is 115 cm³/mol. The van der Waals surface area contributed by atoms with Crippen molar-refractivity contribution < 1.29 is 4.42 Å². The quantitative estimate of drug-likeness (QED) is 0.316. The second-order valence-electron chi connectivity index (χ2n) is 6.90. The number of hydrogen-bond acceptors (Lipinski definition) is 6. The summed E-state index contributed by atoms with van der Waals surface area (Å²) in [5.74, 6) is 1.87. The van der Waals surface area contributed by atoms with E-state index >= 15 is 0 Å². The molecule has 0 fully saturated rings. The predicted octanol–water partition coefficient (Wildman–Crippen LogP) is 5.60. The number of fused-ring (bicyclic) bond motifs is 1. The lowest BCUT2D eigenvalue weighted by atomic mass is 10.2. The van der Waals surface area contributed by atoms with Gasteiger partial charge in [0.25, 0.3) is 5.56 Å². The Balaban J connectivity index is 1.66. The van der Waals surface area contributed by atoms with Crippen molar-refractivity contribution in [2.45, 2.75) is 44.6 Å². The van der Waals surface area contributed by atoms with Gasteiger partial charge in [0, 0.05) is 16.5 Å². The average Bonchev–Trinajstić information content (AvgIpc) is 3.25. The smallest absolute Gasteiger partial charge is 0.263 e. The number of thiophene rings is 1. The molecule has 1 aromatic carbocycles. The number of rotatable bonds is 5. The Hall–Kier alpha value is -2.38. The van der Waals surface area contributed by atoms with Crippen LogP contribution in [0, 0.1) is 13.8 Å². The molecule has 144 valence electrons. The summed E-state index contributed by atoms with van der Waals surface area (Å²) in [7, 11) is 0. The topological polar surface area (TPSA) is 60.9 Å². The van der Waals surface area contributed by atoms with Crippen LogP contribution in [0.1, 0.15) is 36.2 Å². The molecular formula is C21H21N3O2S2. The molecule has 0 aliphatic heterocycles. The maximum Gasteiger partial charge on any atom is 0.263 e. The normalized spacial score (nSPS) is 11.6. The lowest BCUT2D eigenvalue weighted by Gasteiger charge is -2.14. The highest BCUT2D eigenvalue weighted by atomic mass is 32.2. The van der Waals surface area contributed by atoms with Crippen LogP contribution < -0.4 is 5.56 Å². The Kier molecular flexibility index (Phi) is 5.12. The van der Waals surface area contributed by atoms with Gasteiger partial charge in [-0.1, -0.05) is 42.1 Å². The van der Waals surface area contributed by atoms with Gasteiger partial charge in [-0.25, -0.2) is 9.97 Å². The number of aromatic nitrogens is 3. The second-order valence-corrected chi connectivity index (χ2v) is 9.05. The standard InChI is InChI=1S/C21H21N3O2S2/c1-12(2)24-20(25)18-13(3)14(4)28-19(18)23-21(24)27-11-17-22-10-16(26-17)15-8-6-5-7-9-15/h5-10,12H,11H2,1-4H3. The Morgan fingerprint density at radius 1 is 1.21 bits per heavy atom. The van der Waals surface area contributed by atoms with E-state index < -0.39 is 0 Å². The van der Waals surface area contributed by atoms with Gasteiger partial charge >= 0.3 is 0 Å². The number of nitrogens with zero attached hydrogens (tertiary/aromatic N) is 3. The van der Waals surface area contributed by atoms with Crippen molar-refractivity contribution in [3.8, 4) is 11.3 Å². The summed E-state index contributed by atoms with van der Waals surface area (Å²) in [5.41, 5.74) is 2.06. The van der Waals surface area contributed by atoms with Crippen molar-refractivity contribution in [2.24, 2.45) is 0 Å². The summed E-state index contributed by atoms with van der Waals surface area (Å²) in [6.07, 6.45) is 1.74. The molecule has 3 heterocycles. The number of hydrogen-bond donors (Lipinski definition) is 0. The van der Waals surface area contributed by atoms with Crippen LogP contribution in [0.25, 0.3) is 21.5 Å². The van der Waals surface area contributed by atoms with Crippen molar-refractivity contribution >= 4 is 33.3 Å². The molecule has 0 spiro atoms. The molecule has 0 saturated heterocycles. The number of oxazole rings is 1. The van der Waals surface area contributed by atoms with E-state index in [-0.39, 0.29) is 11.6 Å². The van der Waals surface area contributed by atoms with Crippen LogP contribution in [0.3, 0.4) is 0 Å². The van der Waals surface area contributed by atoms with Crippen molar-refractivity contribution in [1.82, 2.24) is 14.5 Å². The summed E-state index contributed by atoms with van der Waals surface area (Å²) in [6.45, 7) is 8.04. The summed E-state index contributed by atoms with van der Waals surface area (Å²) in [6, 6.07) is 9.92. The minimum atomic E-state index is 0.0240. The Labute approximate surface area is 171 Å². The van der Waals surface area contributed by atoms with Crippen LogP contribution in [-0.2, 0) is 5.75 Å². The van der Waals surface area contributed by atoms with Crippen molar-refractivity contribution in [1.29, 1.82) is 0 Å². The molecule has 0 amide bonds. The molecule has 0 radical (unpaired) electrons. The first-order valence-electron chi connectivity index (χ1n) is 9.11. The van der Waals surface area contributed by atoms with E-state index in [1.165, 1.54) is 11.8 Å². The molecule has 28 heavy (non-hydrogen) atoms. The lowest BCUT2D eigenvalue weighted by molar-refractivity contribution is 0.515. The molecule has 0 aliphatic rings. The zero-order valence-electron chi connectivity index (χ0n) is 16.2. The molecule has 5 nitrogen and oxygen atoms in total. The van der Waals surface area contributed by atoms with E-state index in [1.54, 1.807) is 22.1 Å². The second kappa shape index (κ2) is 7.56. The van der Waals surface area contributed by atoms with E-state index in [4.69, 9.17) is 9.40 Å². The van der Waals surface area contributed by atoms with Crippen LogP contribution in [0.4, 0.5) is 0 Å². The molecule has 0 bridgehead atoms. The Bertz CT molecular complexity index is 1190. The molecule has 0 unspecified atom stereocenters. The van der Waals surface area contributed by atoms with Gasteiger partial charge in [0.1, 0.15) is 4.83 Å². The largest absolute Gasteiger partial charge is 0.440 e. The van der Waals surface area contributed by atoms with E-state index in [9.17, 15) is 4.79 Å². The van der Waals surface area contributed by atoms with Gasteiger partial charge < -0.3 is 4.42 Å². The average molecular weight is 412 g/mol. The van der Waals surface area contributed by atoms with Crippen molar-refractivity contribution in [3.05, 3.63) is 63.2 Å². The third-order valence-corrected chi connectivity index (χ3v) is 6.69. The van der Waals surface area contributed by atoms with Crippen LogP contribution in [0.5, 0.6) is 0 Å². The molecule has 0 atom stereocenters. The van der Waals surface area contributed by atoms with E-state index in [2.05, 4.69) is 4.98 Å². The third kappa shape index (κ3) is 3.40. The highest BCUT2D eigenvalue weighted by Crippen LogP contribution is 2.31. The first-order chi connectivity index (χ1) is 13.5. The molecule has 3 aromatic heterocycles. The van der Waals surface area contributed by atoms with Crippen LogP contribution in [-0.4, -0.2) is 14.5 Å². The minimum Gasteiger partial charge on any atom is -0.440 e. The summed E-state index contributed by atoms with van der Waals surface area (Å²) >= 11 is 3.06. The van der Waals surface area contributed by atoms with Gasteiger partial charge in [-0.15, -0.1) is 11.3 Å². The zero-order valence-corrected chi connectivity index (χ0v) is 17.9. The summed E-state index contributed by atoms with van der Waals surface area (Å²) in [4.78, 5) is 24.2. The van der Waals surface area contributed by atoms with Crippen LogP contribution in [0.15, 0.2) is 50.9 Å². The lowest BCUT2D eigenvalue weighted by Crippen LogP contribution is -2.24. The molecule has 0 N–H and O–H groups in total. The third-order valence-electron chi connectivity index (χ3n) is 4.66. The number of thioether (sulfide) groups is 1. The maximum absolute atomic E-state index is 13.1. The SMILES string of the molecule is Cc1sc2nc(SCc3ncc(-c4ccccc4)o3)n(C(C)C)c(=O)c2c1C. The first kappa shape index (κ1) is 19.0. The zero-order chi connectivity index (χ0) is 19.8. The van der Waals surface area contributed by atoms with Gasteiger partial charge in [-0.05, 0) is 33.3 Å². The molecular weight excluding hydrogens is 390 g/mol. The fraction of sp³-hybridized carbons (Fsp3) is 0.286. The minimum absolute atomic E-state index is 0.0240. The fourth-order valence-corrected chi connectivity index (χ4v) is 5.14. The van der Waals surface area contributed by atoms with Crippen LogP contribution >= 0.6 is 23.1 Å². The highest BCUT2D eigenvalue weighted by Gasteiger charge is 2.19.